The third-order valence-electron chi connectivity index (χ3n) is 2.76. The van der Waals surface area contributed by atoms with Gasteiger partial charge in [-0.2, -0.15) is 0 Å². The Morgan fingerprint density at radius 1 is 1.10 bits per heavy atom. The number of benzene rings is 1. The Morgan fingerprint density at radius 3 is 2.50 bits per heavy atom. The van der Waals surface area contributed by atoms with E-state index in [2.05, 4.69) is 15.6 Å². The molecule has 2 N–H and O–H groups in total. The predicted molar refractivity (Wildman–Crippen MR) is 76.3 cm³/mol. The highest BCUT2D eigenvalue weighted by Crippen LogP contribution is 2.07. The van der Waals surface area contributed by atoms with Gasteiger partial charge in [0.05, 0.1) is 7.11 Å². The molecule has 20 heavy (non-hydrogen) atoms. The van der Waals surface area contributed by atoms with Crippen LogP contribution >= 0.6 is 0 Å². The van der Waals surface area contributed by atoms with Gasteiger partial charge in [0.2, 0.25) is 5.88 Å². The molecule has 0 spiro atoms. The standard InChI is InChI=1S/C15H17N3O2/c1-20-14-9-13(7-8-16-14)11-18-15(19)17-10-12-5-3-2-4-6-12/h2-9H,10-11H2,1H3,(H2,17,18,19). The maximum absolute atomic E-state index is 11.7. The first kappa shape index (κ1) is 13.9. The molecular formula is C15H17N3O2. The zero-order valence-corrected chi connectivity index (χ0v) is 11.3. The maximum atomic E-state index is 11.7. The van der Waals surface area contributed by atoms with Crippen LogP contribution in [-0.2, 0) is 13.1 Å². The molecule has 2 amide bonds. The average Bonchev–Trinajstić information content (AvgIpc) is 2.52. The summed E-state index contributed by atoms with van der Waals surface area (Å²) in [6.45, 7) is 0.936. The van der Waals surface area contributed by atoms with Gasteiger partial charge in [0.15, 0.2) is 0 Å². The molecule has 0 saturated heterocycles. The molecule has 0 aliphatic heterocycles. The van der Waals surface area contributed by atoms with Crippen LogP contribution in [0.15, 0.2) is 48.7 Å². The van der Waals surface area contributed by atoms with Crippen molar-refractivity contribution >= 4 is 6.03 Å². The van der Waals surface area contributed by atoms with Crippen LogP contribution in [0.1, 0.15) is 11.1 Å². The lowest BCUT2D eigenvalue weighted by Crippen LogP contribution is -2.34. The number of carbonyl (C=O) groups is 1. The molecular weight excluding hydrogens is 254 g/mol. The molecule has 0 aliphatic carbocycles. The molecule has 0 bridgehead atoms. The number of pyridine rings is 1. The minimum absolute atomic E-state index is 0.204. The van der Waals surface area contributed by atoms with E-state index in [1.807, 2.05) is 36.4 Å². The van der Waals surface area contributed by atoms with Crippen LogP contribution in [0.4, 0.5) is 4.79 Å². The molecule has 2 aromatic rings. The Hall–Kier alpha value is -2.56. The summed E-state index contributed by atoms with van der Waals surface area (Å²) in [5.41, 5.74) is 2.00. The van der Waals surface area contributed by atoms with Gasteiger partial charge in [-0.3, -0.25) is 0 Å². The number of nitrogens with zero attached hydrogens (tertiary/aromatic N) is 1. The van der Waals surface area contributed by atoms with Gasteiger partial charge in [-0.1, -0.05) is 30.3 Å². The summed E-state index contributed by atoms with van der Waals surface area (Å²) in [5.74, 6) is 0.536. The smallest absolute Gasteiger partial charge is 0.315 e. The number of hydrogen-bond donors (Lipinski definition) is 2. The van der Waals surface area contributed by atoms with Crippen molar-refractivity contribution in [2.24, 2.45) is 0 Å². The van der Waals surface area contributed by atoms with E-state index in [4.69, 9.17) is 4.74 Å². The van der Waals surface area contributed by atoms with Crippen molar-refractivity contribution in [1.29, 1.82) is 0 Å². The second kappa shape index (κ2) is 7.13. The summed E-state index contributed by atoms with van der Waals surface area (Å²) in [4.78, 5) is 15.7. The largest absolute Gasteiger partial charge is 0.481 e. The molecule has 0 atom stereocenters. The average molecular weight is 271 g/mol. The van der Waals surface area contributed by atoms with E-state index < -0.39 is 0 Å². The van der Waals surface area contributed by atoms with Crippen LogP contribution in [0.25, 0.3) is 0 Å². The van der Waals surface area contributed by atoms with Gasteiger partial charge in [0.1, 0.15) is 0 Å². The minimum atomic E-state index is -0.204. The third kappa shape index (κ3) is 4.28. The molecule has 1 aromatic heterocycles. The molecule has 0 radical (unpaired) electrons. The number of carbonyl (C=O) groups excluding carboxylic acids is 1. The van der Waals surface area contributed by atoms with Crippen molar-refractivity contribution < 1.29 is 9.53 Å². The number of methoxy groups -OCH3 is 1. The maximum Gasteiger partial charge on any atom is 0.315 e. The lowest BCUT2D eigenvalue weighted by Gasteiger charge is -2.08. The summed E-state index contributed by atoms with van der Waals surface area (Å²) < 4.78 is 5.03. The van der Waals surface area contributed by atoms with Crippen LogP contribution in [0.2, 0.25) is 0 Å². The Balaban J connectivity index is 1.77. The molecule has 2 rings (SSSR count). The highest BCUT2D eigenvalue weighted by Gasteiger charge is 2.01. The fourth-order valence-corrected chi connectivity index (χ4v) is 1.70. The quantitative estimate of drug-likeness (QED) is 0.875. The zero-order chi connectivity index (χ0) is 14.2. The normalized spacial score (nSPS) is 9.85. The van der Waals surface area contributed by atoms with Gasteiger partial charge in [-0.15, -0.1) is 0 Å². The first-order chi connectivity index (χ1) is 9.78. The van der Waals surface area contributed by atoms with E-state index >= 15 is 0 Å². The summed E-state index contributed by atoms with van der Waals surface area (Å²) in [5, 5.41) is 5.59. The molecule has 104 valence electrons. The Kier molecular flexibility index (Phi) is 4.94. The predicted octanol–water partition coefficient (Wildman–Crippen LogP) is 2.09. The Bertz CT molecular complexity index is 558. The van der Waals surface area contributed by atoms with Gasteiger partial charge in [-0.05, 0) is 17.2 Å². The summed E-state index contributed by atoms with van der Waals surface area (Å²) in [6.07, 6.45) is 1.65. The monoisotopic (exact) mass is 271 g/mol. The molecule has 5 heteroatoms. The van der Waals surface area contributed by atoms with Crippen molar-refractivity contribution in [3.8, 4) is 5.88 Å². The second-order valence-electron chi connectivity index (χ2n) is 4.23. The molecule has 1 aromatic carbocycles. The SMILES string of the molecule is COc1cc(CNC(=O)NCc2ccccc2)ccn1. The number of rotatable bonds is 5. The molecule has 0 fully saturated rings. The first-order valence-corrected chi connectivity index (χ1v) is 6.32. The van der Waals surface area contributed by atoms with Gasteiger partial charge in [-0.25, -0.2) is 9.78 Å². The van der Waals surface area contributed by atoms with E-state index in [-0.39, 0.29) is 6.03 Å². The van der Waals surface area contributed by atoms with Crippen molar-refractivity contribution in [2.45, 2.75) is 13.1 Å². The number of ether oxygens (including phenoxy) is 1. The molecule has 0 saturated carbocycles. The summed E-state index contributed by atoms with van der Waals surface area (Å²) >= 11 is 0. The van der Waals surface area contributed by atoms with Gasteiger partial charge < -0.3 is 15.4 Å². The molecule has 5 nitrogen and oxygen atoms in total. The second-order valence-corrected chi connectivity index (χ2v) is 4.23. The molecule has 0 unspecified atom stereocenters. The molecule has 1 heterocycles. The van der Waals surface area contributed by atoms with E-state index in [1.165, 1.54) is 0 Å². The third-order valence-corrected chi connectivity index (χ3v) is 2.76. The van der Waals surface area contributed by atoms with E-state index in [1.54, 1.807) is 19.4 Å². The number of nitrogens with one attached hydrogen (secondary N) is 2. The lowest BCUT2D eigenvalue weighted by molar-refractivity contribution is 0.240. The van der Waals surface area contributed by atoms with Crippen molar-refractivity contribution in [3.05, 3.63) is 59.8 Å². The minimum Gasteiger partial charge on any atom is -0.481 e. The van der Waals surface area contributed by atoms with Crippen molar-refractivity contribution in [3.63, 3.8) is 0 Å². The number of urea groups is 1. The summed E-state index contributed by atoms with van der Waals surface area (Å²) in [6, 6.07) is 13.2. The molecule has 0 aliphatic rings. The zero-order valence-electron chi connectivity index (χ0n) is 11.3. The van der Waals surface area contributed by atoms with Crippen molar-refractivity contribution in [2.75, 3.05) is 7.11 Å². The van der Waals surface area contributed by atoms with Gasteiger partial charge in [0, 0.05) is 25.4 Å². The fraction of sp³-hybridized carbons (Fsp3) is 0.200. The Morgan fingerprint density at radius 2 is 1.80 bits per heavy atom. The van der Waals surface area contributed by atoms with Gasteiger partial charge in [0.25, 0.3) is 0 Å². The number of aromatic nitrogens is 1. The van der Waals surface area contributed by atoms with Crippen LogP contribution in [0.3, 0.4) is 0 Å². The highest BCUT2D eigenvalue weighted by atomic mass is 16.5. The van der Waals surface area contributed by atoms with E-state index in [0.717, 1.165) is 11.1 Å². The topological polar surface area (TPSA) is 63.2 Å². The number of amides is 2. The Labute approximate surface area is 118 Å². The van der Waals surface area contributed by atoms with E-state index in [9.17, 15) is 4.79 Å². The highest BCUT2D eigenvalue weighted by molar-refractivity contribution is 5.73. The van der Waals surface area contributed by atoms with Crippen LogP contribution < -0.4 is 15.4 Å². The number of hydrogen-bond acceptors (Lipinski definition) is 3. The van der Waals surface area contributed by atoms with E-state index in [0.29, 0.717) is 19.0 Å². The first-order valence-electron chi connectivity index (χ1n) is 6.32. The van der Waals surface area contributed by atoms with Crippen molar-refractivity contribution in [1.82, 2.24) is 15.6 Å². The van der Waals surface area contributed by atoms with Crippen LogP contribution in [-0.4, -0.2) is 18.1 Å². The lowest BCUT2D eigenvalue weighted by atomic mass is 10.2. The van der Waals surface area contributed by atoms with Gasteiger partial charge >= 0.3 is 6.03 Å². The fourth-order valence-electron chi connectivity index (χ4n) is 1.70. The van der Waals surface area contributed by atoms with Crippen LogP contribution in [0.5, 0.6) is 5.88 Å². The van der Waals surface area contributed by atoms with Crippen LogP contribution in [0, 0.1) is 0 Å². The summed E-state index contributed by atoms with van der Waals surface area (Å²) in [7, 11) is 1.56.